The van der Waals surface area contributed by atoms with Gasteiger partial charge in [0.05, 0.1) is 5.69 Å². The third-order valence-electron chi connectivity index (χ3n) is 2.92. The lowest BCUT2D eigenvalue weighted by molar-refractivity contribution is 1.20. The number of allylic oxidation sites excluding steroid dienone is 5. The largest absolute Gasteiger partial charge is 0.252 e. The lowest BCUT2D eigenvalue weighted by Crippen LogP contribution is -1.94. The molecule has 0 amide bonds. The molecule has 0 atom stereocenters. The maximum atomic E-state index is 6.30. The summed E-state index contributed by atoms with van der Waals surface area (Å²) in [6, 6.07) is 10.3. The Labute approximate surface area is 118 Å². The molecule has 96 valence electrons. The number of hydrogen-bond acceptors (Lipinski definition) is 1. The molecule has 0 saturated carbocycles. The van der Waals surface area contributed by atoms with Gasteiger partial charge >= 0.3 is 0 Å². The quantitative estimate of drug-likeness (QED) is 0.693. The molecule has 0 saturated heterocycles. The highest BCUT2D eigenvalue weighted by Crippen LogP contribution is 2.30. The highest BCUT2D eigenvalue weighted by Gasteiger charge is 2.11. The van der Waals surface area contributed by atoms with Gasteiger partial charge in [0.25, 0.3) is 0 Å². The molecular weight excluding hydrogens is 254 g/mol. The van der Waals surface area contributed by atoms with Gasteiger partial charge in [0.2, 0.25) is 0 Å². The fourth-order valence-corrected chi connectivity index (χ4v) is 2.24. The van der Waals surface area contributed by atoms with Crippen molar-refractivity contribution in [2.75, 3.05) is 0 Å². The number of fused-ring (bicyclic) bond motifs is 1. The van der Waals surface area contributed by atoms with Gasteiger partial charge in [-0.2, -0.15) is 0 Å². The lowest BCUT2D eigenvalue weighted by Gasteiger charge is -2.10. The number of pyridine rings is 1. The summed E-state index contributed by atoms with van der Waals surface area (Å²) in [6.45, 7) is 7.66. The number of halogens is 1. The van der Waals surface area contributed by atoms with Gasteiger partial charge in [-0.15, -0.1) is 0 Å². The third kappa shape index (κ3) is 2.77. The molecule has 1 heterocycles. The third-order valence-corrected chi connectivity index (χ3v) is 3.34. The number of aryl methyl sites for hydroxylation is 1. The van der Waals surface area contributed by atoms with Gasteiger partial charge in [-0.1, -0.05) is 60.7 Å². The molecule has 2 aromatic rings. The first-order chi connectivity index (χ1) is 9.17. The molecule has 0 aliphatic carbocycles. The maximum Gasteiger partial charge on any atom is 0.0798 e. The average Bonchev–Trinajstić information content (AvgIpc) is 2.43. The minimum atomic E-state index is 0.683. The maximum absolute atomic E-state index is 6.30. The lowest BCUT2D eigenvalue weighted by atomic mass is 10.0. The zero-order chi connectivity index (χ0) is 13.8. The van der Waals surface area contributed by atoms with Crippen LogP contribution in [0.1, 0.15) is 18.3 Å². The summed E-state index contributed by atoms with van der Waals surface area (Å²) < 4.78 is 0. The topological polar surface area (TPSA) is 12.9 Å². The first-order valence-electron chi connectivity index (χ1n) is 6.19. The van der Waals surface area contributed by atoms with Crippen LogP contribution in [0.3, 0.4) is 0 Å². The smallest absolute Gasteiger partial charge is 0.0798 e. The summed E-state index contributed by atoms with van der Waals surface area (Å²) in [5.74, 6) is 0. The number of hydrogen-bond donors (Lipinski definition) is 0. The van der Waals surface area contributed by atoms with E-state index in [0.717, 1.165) is 22.3 Å². The normalized spacial score (nSPS) is 12.8. The first-order valence-corrected chi connectivity index (χ1v) is 6.57. The zero-order valence-electron chi connectivity index (χ0n) is 11.2. The van der Waals surface area contributed by atoms with Crippen LogP contribution in [0.15, 0.2) is 60.2 Å². The predicted octanol–water partition coefficient (Wildman–Crippen LogP) is 5.26. The van der Waals surface area contributed by atoms with E-state index in [-0.39, 0.29) is 0 Å². The van der Waals surface area contributed by atoms with Crippen LogP contribution in [0.2, 0.25) is 0 Å². The van der Waals surface area contributed by atoms with Crippen molar-refractivity contribution < 1.29 is 0 Å². The highest BCUT2D eigenvalue weighted by atomic mass is 35.5. The van der Waals surface area contributed by atoms with Crippen LogP contribution in [-0.4, -0.2) is 4.98 Å². The van der Waals surface area contributed by atoms with E-state index >= 15 is 0 Å². The summed E-state index contributed by atoms with van der Waals surface area (Å²) in [5, 5.41) is 2.95. The van der Waals surface area contributed by atoms with E-state index in [2.05, 4.69) is 29.8 Å². The Bertz CT molecular complexity index is 681. The molecule has 0 bridgehead atoms. The molecule has 0 N–H and O–H groups in total. The van der Waals surface area contributed by atoms with E-state index in [9.17, 15) is 0 Å². The Kier molecular flexibility index (Phi) is 4.18. The minimum absolute atomic E-state index is 0.683. The molecule has 2 rings (SSSR count). The van der Waals surface area contributed by atoms with Gasteiger partial charge < -0.3 is 0 Å². The van der Waals surface area contributed by atoms with Crippen LogP contribution in [0, 0.1) is 6.92 Å². The van der Waals surface area contributed by atoms with E-state index in [0.29, 0.717) is 5.03 Å². The molecular formula is C17H16ClN. The van der Waals surface area contributed by atoms with E-state index in [1.54, 1.807) is 6.08 Å². The van der Waals surface area contributed by atoms with Crippen molar-refractivity contribution >= 4 is 27.9 Å². The molecule has 1 aromatic carbocycles. The van der Waals surface area contributed by atoms with Crippen LogP contribution < -0.4 is 0 Å². The summed E-state index contributed by atoms with van der Waals surface area (Å²) in [4.78, 5) is 4.65. The Hall–Kier alpha value is -1.86. The van der Waals surface area contributed by atoms with Crippen molar-refractivity contribution in [1.82, 2.24) is 4.98 Å². The molecule has 0 radical (unpaired) electrons. The van der Waals surface area contributed by atoms with Gasteiger partial charge in [-0.3, -0.25) is 4.98 Å². The van der Waals surface area contributed by atoms with E-state index < -0.39 is 0 Å². The number of benzene rings is 1. The Morgan fingerprint density at radius 3 is 2.74 bits per heavy atom. The second kappa shape index (κ2) is 5.85. The Morgan fingerprint density at radius 2 is 2.05 bits per heavy atom. The van der Waals surface area contributed by atoms with E-state index in [4.69, 9.17) is 11.6 Å². The van der Waals surface area contributed by atoms with Crippen molar-refractivity contribution in [3.8, 4) is 0 Å². The monoisotopic (exact) mass is 269 g/mol. The van der Waals surface area contributed by atoms with Gasteiger partial charge in [-0.05, 0) is 25.3 Å². The molecule has 1 nitrogen and oxygen atoms in total. The Morgan fingerprint density at radius 1 is 1.32 bits per heavy atom. The summed E-state index contributed by atoms with van der Waals surface area (Å²) in [7, 11) is 0. The van der Waals surface area contributed by atoms with Crippen molar-refractivity contribution in [2.24, 2.45) is 0 Å². The van der Waals surface area contributed by atoms with Crippen molar-refractivity contribution in [3.05, 3.63) is 71.6 Å². The molecule has 1 aromatic heterocycles. The van der Waals surface area contributed by atoms with E-state index in [1.807, 2.05) is 38.1 Å². The summed E-state index contributed by atoms with van der Waals surface area (Å²) in [5.41, 5.74) is 2.78. The second-order valence-corrected chi connectivity index (χ2v) is 4.69. The SMILES string of the molecule is C=C/C=C(\C(Cl)=C/C)c1nc(C)cc2ccccc12. The van der Waals surface area contributed by atoms with Crippen LogP contribution in [0.25, 0.3) is 16.3 Å². The van der Waals surface area contributed by atoms with Crippen LogP contribution in [0.4, 0.5) is 0 Å². The first kappa shape index (κ1) is 13.6. The summed E-state index contributed by atoms with van der Waals surface area (Å²) in [6.07, 6.45) is 5.51. The molecule has 0 unspecified atom stereocenters. The van der Waals surface area contributed by atoms with Gasteiger partial charge in [0.1, 0.15) is 0 Å². The second-order valence-electron chi connectivity index (χ2n) is 4.29. The number of aromatic nitrogens is 1. The molecule has 0 aliphatic rings. The van der Waals surface area contributed by atoms with Crippen LogP contribution >= 0.6 is 11.6 Å². The van der Waals surface area contributed by atoms with Gasteiger partial charge in [-0.25, -0.2) is 0 Å². The fourth-order valence-electron chi connectivity index (χ4n) is 2.08. The standard InChI is InChI=1S/C17H16ClN/c1-4-8-15(16(18)5-2)17-14-10-7-6-9-13(14)11-12(3)19-17/h4-11H,1H2,2-3H3/b15-8+,16-5+. The average molecular weight is 270 g/mol. The number of rotatable bonds is 3. The molecule has 19 heavy (non-hydrogen) atoms. The minimum Gasteiger partial charge on any atom is -0.252 e. The van der Waals surface area contributed by atoms with Crippen molar-refractivity contribution in [2.45, 2.75) is 13.8 Å². The molecule has 0 fully saturated rings. The van der Waals surface area contributed by atoms with Crippen molar-refractivity contribution in [1.29, 1.82) is 0 Å². The van der Waals surface area contributed by atoms with Crippen LogP contribution in [0.5, 0.6) is 0 Å². The highest BCUT2D eigenvalue weighted by molar-refractivity contribution is 6.37. The van der Waals surface area contributed by atoms with Crippen molar-refractivity contribution in [3.63, 3.8) is 0 Å². The van der Waals surface area contributed by atoms with E-state index in [1.165, 1.54) is 5.39 Å². The van der Waals surface area contributed by atoms with Gasteiger partial charge in [0.15, 0.2) is 0 Å². The molecule has 0 aliphatic heterocycles. The fraction of sp³-hybridized carbons (Fsp3) is 0.118. The predicted molar refractivity (Wildman–Crippen MR) is 84.3 cm³/mol. The van der Waals surface area contributed by atoms with Crippen LogP contribution in [-0.2, 0) is 0 Å². The van der Waals surface area contributed by atoms with Gasteiger partial charge in [0, 0.05) is 21.7 Å². The number of nitrogens with zero attached hydrogens (tertiary/aromatic N) is 1. The molecule has 2 heteroatoms. The zero-order valence-corrected chi connectivity index (χ0v) is 11.9. The Balaban J connectivity index is 2.79. The molecule has 0 spiro atoms. The summed E-state index contributed by atoms with van der Waals surface area (Å²) >= 11 is 6.30.